The molecule has 0 saturated carbocycles. The number of aromatic nitrogens is 5. The molecule has 3 aromatic heterocycles. The molecule has 0 saturated heterocycles. The average molecular weight is 390 g/mol. The highest BCUT2D eigenvalue weighted by Gasteiger charge is 2.09. The van der Waals surface area contributed by atoms with Crippen molar-refractivity contribution in [2.45, 2.75) is 19.8 Å². The largest absolute Gasteiger partial charge is 0.370 e. The predicted molar refractivity (Wildman–Crippen MR) is 107 cm³/mol. The molecule has 0 spiro atoms. The summed E-state index contributed by atoms with van der Waals surface area (Å²) in [6.07, 6.45) is 4.88. The molecule has 3 heterocycles. The van der Waals surface area contributed by atoms with Crippen molar-refractivity contribution in [2.24, 2.45) is 0 Å². The van der Waals surface area contributed by atoms with E-state index in [-0.39, 0.29) is 5.82 Å². The highest BCUT2D eigenvalue weighted by atomic mass is 19.1. The average Bonchev–Trinajstić information content (AvgIpc) is 3.21. The second-order valence-electron chi connectivity index (χ2n) is 6.51. The van der Waals surface area contributed by atoms with E-state index in [2.05, 4.69) is 30.4 Å². The Labute approximate surface area is 167 Å². The maximum Gasteiger partial charge on any atom is 0.227 e. The Kier molecular flexibility index (Phi) is 5.51. The summed E-state index contributed by atoms with van der Waals surface area (Å²) in [5.74, 6) is 2.10. The second-order valence-corrected chi connectivity index (χ2v) is 6.51. The Hall–Kier alpha value is -3.68. The van der Waals surface area contributed by atoms with Gasteiger partial charge in [-0.05, 0) is 49.7 Å². The van der Waals surface area contributed by atoms with Crippen LogP contribution in [0.25, 0.3) is 22.8 Å². The van der Waals surface area contributed by atoms with Crippen LogP contribution in [0, 0.1) is 12.7 Å². The van der Waals surface area contributed by atoms with Gasteiger partial charge in [-0.15, -0.1) is 0 Å². The van der Waals surface area contributed by atoms with Crippen LogP contribution < -0.4 is 5.32 Å². The molecule has 146 valence electrons. The smallest absolute Gasteiger partial charge is 0.227 e. The molecular weight excluding hydrogens is 371 g/mol. The van der Waals surface area contributed by atoms with Crippen molar-refractivity contribution in [1.29, 1.82) is 0 Å². The molecular formula is C21H19FN6O. The summed E-state index contributed by atoms with van der Waals surface area (Å²) in [7, 11) is 0. The van der Waals surface area contributed by atoms with Crippen LogP contribution in [0.4, 0.5) is 10.2 Å². The van der Waals surface area contributed by atoms with Gasteiger partial charge in [0.25, 0.3) is 0 Å². The van der Waals surface area contributed by atoms with Crippen LogP contribution in [0.1, 0.15) is 18.0 Å². The van der Waals surface area contributed by atoms with Crippen LogP contribution in [0.3, 0.4) is 0 Å². The molecule has 8 heteroatoms. The highest BCUT2D eigenvalue weighted by Crippen LogP contribution is 2.18. The third-order valence-corrected chi connectivity index (χ3v) is 4.22. The Bertz CT molecular complexity index is 1080. The van der Waals surface area contributed by atoms with Crippen LogP contribution in [0.5, 0.6) is 0 Å². The number of hydrogen-bond acceptors (Lipinski definition) is 7. The van der Waals surface area contributed by atoms with Crippen molar-refractivity contribution in [1.82, 2.24) is 25.1 Å². The molecule has 0 aliphatic rings. The van der Waals surface area contributed by atoms with E-state index in [1.54, 1.807) is 24.5 Å². The van der Waals surface area contributed by atoms with Gasteiger partial charge in [0.2, 0.25) is 11.7 Å². The number of halogens is 1. The van der Waals surface area contributed by atoms with Crippen molar-refractivity contribution in [3.63, 3.8) is 0 Å². The number of aryl methyl sites for hydroxylation is 2. The standard InChI is InChI=1S/C21H19FN6O/c1-14-12-18(26-20(25-14)16-4-2-10-23-13-16)24-11-3-5-19-27-21(28-29-19)15-6-8-17(22)9-7-15/h2,4,6-10,12-13H,3,5,11H2,1H3,(H,24,25,26). The highest BCUT2D eigenvalue weighted by molar-refractivity contribution is 5.56. The van der Waals surface area contributed by atoms with Gasteiger partial charge in [0.15, 0.2) is 5.82 Å². The maximum atomic E-state index is 13.0. The number of nitrogens with zero attached hydrogens (tertiary/aromatic N) is 5. The van der Waals surface area contributed by atoms with Gasteiger partial charge in [0.1, 0.15) is 11.6 Å². The van der Waals surface area contributed by atoms with Crippen molar-refractivity contribution < 1.29 is 8.91 Å². The first-order valence-corrected chi connectivity index (χ1v) is 9.26. The van der Waals surface area contributed by atoms with E-state index in [9.17, 15) is 4.39 Å². The summed E-state index contributed by atoms with van der Waals surface area (Å²) >= 11 is 0. The predicted octanol–water partition coefficient (Wildman–Crippen LogP) is 4.08. The van der Waals surface area contributed by atoms with Gasteiger partial charge in [-0.2, -0.15) is 4.98 Å². The molecule has 0 fully saturated rings. The van der Waals surface area contributed by atoms with E-state index in [0.29, 0.717) is 30.5 Å². The summed E-state index contributed by atoms with van der Waals surface area (Å²) in [5.41, 5.74) is 2.47. The monoisotopic (exact) mass is 390 g/mol. The molecule has 0 unspecified atom stereocenters. The molecule has 0 aliphatic carbocycles. The lowest BCUT2D eigenvalue weighted by Gasteiger charge is -2.08. The van der Waals surface area contributed by atoms with Gasteiger partial charge < -0.3 is 9.84 Å². The first-order chi connectivity index (χ1) is 14.2. The summed E-state index contributed by atoms with van der Waals surface area (Å²) in [6.45, 7) is 2.62. The van der Waals surface area contributed by atoms with Gasteiger partial charge in [-0.3, -0.25) is 4.98 Å². The van der Waals surface area contributed by atoms with Crippen molar-refractivity contribution >= 4 is 5.82 Å². The Morgan fingerprint density at radius 2 is 1.86 bits per heavy atom. The van der Waals surface area contributed by atoms with Gasteiger partial charge in [-0.1, -0.05) is 5.16 Å². The van der Waals surface area contributed by atoms with Crippen molar-refractivity contribution in [2.75, 3.05) is 11.9 Å². The second kappa shape index (κ2) is 8.55. The Morgan fingerprint density at radius 1 is 1.00 bits per heavy atom. The van der Waals surface area contributed by atoms with Crippen molar-refractivity contribution in [3.8, 4) is 22.8 Å². The zero-order valence-electron chi connectivity index (χ0n) is 15.8. The molecule has 0 bridgehead atoms. The summed E-state index contributed by atoms with van der Waals surface area (Å²) in [5, 5.41) is 7.26. The van der Waals surface area contributed by atoms with E-state index >= 15 is 0 Å². The van der Waals surface area contributed by atoms with E-state index in [0.717, 1.165) is 29.1 Å². The van der Waals surface area contributed by atoms with Crippen LogP contribution in [0.2, 0.25) is 0 Å². The van der Waals surface area contributed by atoms with E-state index in [4.69, 9.17) is 4.52 Å². The summed E-state index contributed by atoms with van der Waals surface area (Å²) in [4.78, 5) is 17.5. The third-order valence-electron chi connectivity index (χ3n) is 4.22. The molecule has 1 aromatic carbocycles. The molecule has 0 amide bonds. The molecule has 0 aliphatic heterocycles. The van der Waals surface area contributed by atoms with Crippen LogP contribution >= 0.6 is 0 Å². The first kappa shape index (κ1) is 18.7. The zero-order chi connectivity index (χ0) is 20.1. The zero-order valence-corrected chi connectivity index (χ0v) is 15.8. The fourth-order valence-corrected chi connectivity index (χ4v) is 2.81. The van der Waals surface area contributed by atoms with Crippen molar-refractivity contribution in [3.05, 3.63) is 72.3 Å². The molecule has 7 nitrogen and oxygen atoms in total. The normalized spacial score (nSPS) is 10.8. The molecule has 4 aromatic rings. The number of rotatable bonds is 7. The number of nitrogens with one attached hydrogen (secondary N) is 1. The lowest BCUT2D eigenvalue weighted by Crippen LogP contribution is -2.06. The number of pyridine rings is 1. The van der Waals surface area contributed by atoms with Gasteiger partial charge in [0, 0.05) is 48.2 Å². The van der Waals surface area contributed by atoms with E-state index in [1.807, 2.05) is 25.1 Å². The van der Waals surface area contributed by atoms with Crippen LogP contribution in [-0.4, -0.2) is 31.6 Å². The fourth-order valence-electron chi connectivity index (χ4n) is 2.81. The third kappa shape index (κ3) is 4.78. The minimum absolute atomic E-state index is 0.296. The quantitative estimate of drug-likeness (QED) is 0.476. The fraction of sp³-hybridized carbons (Fsp3) is 0.190. The van der Waals surface area contributed by atoms with E-state index < -0.39 is 0 Å². The lowest BCUT2D eigenvalue weighted by atomic mass is 10.2. The molecule has 1 N–H and O–H groups in total. The van der Waals surface area contributed by atoms with Gasteiger partial charge in [0.05, 0.1) is 0 Å². The minimum atomic E-state index is -0.296. The summed E-state index contributed by atoms with van der Waals surface area (Å²) < 4.78 is 18.3. The number of benzene rings is 1. The number of anilines is 1. The van der Waals surface area contributed by atoms with Crippen LogP contribution in [0.15, 0.2) is 59.4 Å². The van der Waals surface area contributed by atoms with Gasteiger partial charge in [-0.25, -0.2) is 14.4 Å². The van der Waals surface area contributed by atoms with E-state index in [1.165, 1.54) is 12.1 Å². The SMILES string of the molecule is Cc1cc(NCCCc2nc(-c3ccc(F)cc3)no2)nc(-c2cccnc2)n1. The lowest BCUT2D eigenvalue weighted by molar-refractivity contribution is 0.377. The Balaban J connectivity index is 1.33. The molecule has 0 atom stereocenters. The molecule has 4 rings (SSSR count). The number of hydrogen-bond donors (Lipinski definition) is 1. The maximum absolute atomic E-state index is 13.0. The Morgan fingerprint density at radius 3 is 2.66 bits per heavy atom. The first-order valence-electron chi connectivity index (χ1n) is 9.26. The molecule has 29 heavy (non-hydrogen) atoms. The van der Waals surface area contributed by atoms with Gasteiger partial charge >= 0.3 is 0 Å². The minimum Gasteiger partial charge on any atom is -0.370 e. The summed E-state index contributed by atoms with van der Waals surface area (Å²) in [6, 6.07) is 11.7. The topological polar surface area (TPSA) is 89.6 Å². The molecule has 0 radical (unpaired) electrons. The van der Waals surface area contributed by atoms with Crippen LogP contribution in [-0.2, 0) is 6.42 Å².